The second-order valence-corrected chi connectivity index (χ2v) is 6.60. The average molecular weight is 331 g/mol. The van der Waals surface area contributed by atoms with Crippen LogP contribution < -0.4 is 0 Å². The molecule has 0 spiro atoms. The zero-order chi connectivity index (χ0) is 14.2. The van der Waals surface area contributed by atoms with Gasteiger partial charge in [0.15, 0.2) is 0 Å². The molecule has 1 atom stereocenters. The molecule has 0 aliphatic heterocycles. The Morgan fingerprint density at radius 3 is 2.35 bits per heavy atom. The van der Waals surface area contributed by atoms with Crippen LogP contribution in [-0.2, 0) is 6.42 Å². The van der Waals surface area contributed by atoms with Gasteiger partial charge < -0.3 is 0 Å². The normalized spacial score (nSPS) is 12.3. The zero-order valence-electron chi connectivity index (χ0n) is 12.2. The number of aryl methyl sites for hydroxylation is 1. The van der Waals surface area contributed by atoms with Crippen LogP contribution in [0.15, 0.2) is 54.6 Å². The van der Waals surface area contributed by atoms with Gasteiger partial charge in [0.1, 0.15) is 0 Å². The largest absolute Gasteiger partial charge is 0.0891 e. The Labute approximate surface area is 131 Å². The molecule has 0 nitrogen and oxygen atoms in total. The monoisotopic (exact) mass is 330 g/mol. The van der Waals surface area contributed by atoms with E-state index in [9.17, 15) is 0 Å². The molecule has 0 N–H and O–H groups in total. The van der Waals surface area contributed by atoms with Crippen molar-refractivity contribution >= 4 is 15.9 Å². The van der Waals surface area contributed by atoms with E-state index in [1.165, 1.54) is 42.4 Å². The van der Waals surface area contributed by atoms with Gasteiger partial charge in [-0.1, -0.05) is 83.9 Å². The van der Waals surface area contributed by atoms with Crippen molar-refractivity contribution in [3.8, 4) is 11.1 Å². The van der Waals surface area contributed by atoms with Gasteiger partial charge in [-0.2, -0.15) is 0 Å². The summed E-state index contributed by atoms with van der Waals surface area (Å²) in [6.45, 7) is 2.25. The number of benzene rings is 2. The van der Waals surface area contributed by atoms with Gasteiger partial charge in [0.05, 0.1) is 0 Å². The molecule has 0 heterocycles. The Kier molecular flexibility index (Phi) is 6.32. The fraction of sp³-hybridized carbons (Fsp3) is 0.368. The highest BCUT2D eigenvalue weighted by atomic mass is 79.9. The minimum atomic E-state index is 0.677. The number of alkyl halides is 1. The van der Waals surface area contributed by atoms with Crippen LogP contribution in [0.1, 0.15) is 38.2 Å². The van der Waals surface area contributed by atoms with Gasteiger partial charge in [-0.3, -0.25) is 0 Å². The van der Waals surface area contributed by atoms with Crippen molar-refractivity contribution in [2.24, 2.45) is 0 Å². The molecule has 0 radical (unpaired) electrons. The molecular formula is C19H23Br. The van der Waals surface area contributed by atoms with Crippen LogP contribution in [0.25, 0.3) is 11.1 Å². The Bertz CT molecular complexity index is 504. The summed E-state index contributed by atoms with van der Waals surface area (Å²) in [6.07, 6.45) is 6.21. The molecule has 1 heteroatoms. The third-order valence-corrected chi connectivity index (χ3v) is 4.58. The van der Waals surface area contributed by atoms with Crippen molar-refractivity contribution in [3.63, 3.8) is 0 Å². The summed E-state index contributed by atoms with van der Waals surface area (Å²) >= 11 is 3.78. The Morgan fingerprint density at radius 2 is 1.60 bits per heavy atom. The summed E-state index contributed by atoms with van der Waals surface area (Å²) in [7, 11) is 0. The lowest BCUT2D eigenvalue weighted by atomic mass is 9.96. The molecule has 0 saturated heterocycles. The third-order valence-electron chi connectivity index (χ3n) is 3.67. The van der Waals surface area contributed by atoms with Crippen molar-refractivity contribution in [2.75, 3.05) is 0 Å². The number of halogens is 1. The van der Waals surface area contributed by atoms with E-state index in [-0.39, 0.29) is 0 Å². The smallest absolute Gasteiger partial charge is 0.0145 e. The SMILES string of the molecule is CCCC(Br)CCCc1ccccc1-c1ccccc1. The molecule has 2 aromatic carbocycles. The molecular weight excluding hydrogens is 308 g/mol. The summed E-state index contributed by atoms with van der Waals surface area (Å²) in [5.41, 5.74) is 4.18. The van der Waals surface area contributed by atoms with Crippen LogP contribution in [0.2, 0.25) is 0 Å². The minimum absolute atomic E-state index is 0.677. The maximum Gasteiger partial charge on any atom is 0.0145 e. The van der Waals surface area contributed by atoms with Gasteiger partial charge in [0.2, 0.25) is 0 Å². The fourth-order valence-electron chi connectivity index (χ4n) is 2.61. The summed E-state index contributed by atoms with van der Waals surface area (Å²) in [4.78, 5) is 0.677. The maximum atomic E-state index is 3.78. The molecule has 0 saturated carbocycles. The fourth-order valence-corrected chi connectivity index (χ4v) is 3.39. The summed E-state index contributed by atoms with van der Waals surface area (Å²) in [5, 5.41) is 0. The van der Waals surface area contributed by atoms with E-state index in [1.807, 2.05) is 0 Å². The first-order valence-electron chi connectivity index (χ1n) is 7.58. The summed E-state index contributed by atoms with van der Waals surface area (Å²) in [6, 6.07) is 19.5. The Hall–Kier alpha value is -1.08. The lowest BCUT2D eigenvalue weighted by Crippen LogP contribution is -1.99. The Morgan fingerprint density at radius 1 is 0.900 bits per heavy atom. The first kappa shape index (κ1) is 15.3. The molecule has 0 aliphatic rings. The van der Waals surface area contributed by atoms with Crippen LogP contribution >= 0.6 is 15.9 Å². The first-order chi connectivity index (χ1) is 9.81. The number of rotatable bonds is 7. The number of hydrogen-bond donors (Lipinski definition) is 0. The highest BCUT2D eigenvalue weighted by Crippen LogP contribution is 2.25. The third kappa shape index (κ3) is 4.49. The van der Waals surface area contributed by atoms with Crippen LogP contribution in [-0.4, -0.2) is 4.83 Å². The highest BCUT2D eigenvalue weighted by molar-refractivity contribution is 9.09. The molecule has 0 amide bonds. The van der Waals surface area contributed by atoms with Gasteiger partial charge in [0.25, 0.3) is 0 Å². The lowest BCUT2D eigenvalue weighted by molar-refractivity contribution is 0.655. The summed E-state index contributed by atoms with van der Waals surface area (Å²) < 4.78 is 0. The molecule has 2 aromatic rings. The highest BCUT2D eigenvalue weighted by Gasteiger charge is 2.06. The second kappa shape index (κ2) is 8.26. The summed E-state index contributed by atoms with van der Waals surface area (Å²) in [5.74, 6) is 0. The van der Waals surface area contributed by atoms with Gasteiger partial charge in [-0.05, 0) is 42.4 Å². The van der Waals surface area contributed by atoms with E-state index < -0.39 is 0 Å². The van der Waals surface area contributed by atoms with Gasteiger partial charge in [-0.15, -0.1) is 0 Å². The van der Waals surface area contributed by atoms with Crippen molar-refractivity contribution in [1.29, 1.82) is 0 Å². The molecule has 2 rings (SSSR count). The number of hydrogen-bond acceptors (Lipinski definition) is 0. The van der Waals surface area contributed by atoms with Gasteiger partial charge in [0, 0.05) is 4.83 Å². The Balaban J connectivity index is 2.02. The van der Waals surface area contributed by atoms with Crippen molar-refractivity contribution in [2.45, 2.75) is 43.9 Å². The second-order valence-electron chi connectivity index (χ2n) is 5.30. The molecule has 0 aromatic heterocycles. The quantitative estimate of drug-likeness (QED) is 0.527. The molecule has 0 bridgehead atoms. The van der Waals surface area contributed by atoms with E-state index >= 15 is 0 Å². The maximum absolute atomic E-state index is 3.78. The predicted octanol–water partition coefficient (Wildman–Crippen LogP) is 6.24. The van der Waals surface area contributed by atoms with E-state index in [4.69, 9.17) is 0 Å². The zero-order valence-corrected chi connectivity index (χ0v) is 13.8. The molecule has 0 fully saturated rings. The van der Waals surface area contributed by atoms with Crippen molar-refractivity contribution in [1.82, 2.24) is 0 Å². The van der Waals surface area contributed by atoms with Crippen LogP contribution in [0.4, 0.5) is 0 Å². The van der Waals surface area contributed by atoms with Crippen LogP contribution in [0.5, 0.6) is 0 Å². The van der Waals surface area contributed by atoms with Gasteiger partial charge >= 0.3 is 0 Å². The van der Waals surface area contributed by atoms with E-state index in [2.05, 4.69) is 77.5 Å². The molecule has 20 heavy (non-hydrogen) atoms. The van der Waals surface area contributed by atoms with E-state index in [0.717, 1.165) is 6.42 Å². The van der Waals surface area contributed by atoms with Crippen LogP contribution in [0, 0.1) is 0 Å². The van der Waals surface area contributed by atoms with E-state index in [0.29, 0.717) is 4.83 Å². The topological polar surface area (TPSA) is 0 Å². The molecule has 0 aliphatic carbocycles. The van der Waals surface area contributed by atoms with Gasteiger partial charge in [-0.25, -0.2) is 0 Å². The first-order valence-corrected chi connectivity index (χ1v) is 8.50. The predicted molar refractivity (Wildman–Crippen MR) is 92.4 cm³/mol. The van der Waals surface area contributed by atoms with E-state index in [1.54, 1.807) is 0 Å². The lowest BCUT2D eigenvalue weighted by Gasteiger charge is -2.11. The van der Waals surface area contributed by atoms with Crippen molar-refractivity contribution in [3.05, 3.63) is 60.2 Å². The standard InChI is InChI=1S/C19H23Br/c1-2-9-18(20)14-8-13-17-12-6-7-15-19(17)16-10-4-3-5-11-16/h3-7,10-12,15,18H,2,8-9,13-14H2,1H3. The molecule has 1 unspecified atom stereocenters. The molecule has 106 valence electrons. The van der Waals surface area contributed by atoms with Crippen molar-refractivity contribution < 1.29 is 0 Å². The van der Waals surface area contributed by atoms with Crippen LogP contribution in [0.3, 0.4) is 0 Å². The average Bonchev–Trinajstić information content (AvgIpc) is 2.49. The minimum Gasteiger partial charge on any atom is -0.0891 e.